The van der Waals surface area contributed by atoms with Crippen LogP contribution in [0.3, 0.4) is 0 Å². The normalized spacial score (nSPS) is 11.1. The molecule has 2 heterocycles. The van der Waals surface area contributed by atoms with Crippen LogP contribution in [0.1, 0.15) is 17.5 Å². The van der Waals surface area contributed by atoms with E-state index < -0.39 is 0 Å². The number of hydrogen-bond donors (Lipinski definition) is 2. The Labute approximate surface area is 172 Å². The molecule has 0 aliphatic rings. The van der Waals surface area contributed by atoms with Crippen molar-refractivity contribution < 1.29 is 13.9 Å². The number of anilines is 1. The molecule has 5 rings (SSSR count). The minimum atomic E-state index is -0.324. The zero-order valence-corrected chi connectivity index (χ0v) is 16.3. The molecule has 5 aromatic rings. The maximum atomic E-state index is 12.8. The first-order chi connectivity index (χ1) is 14.7. The number of amides is 1. The summed E-state index contributed by atoms with van der Waals surface area (Å²) in [6.45, 7) is 2.43. The van der Waals surface area contributed by atoms with Crippen molar-refractivity contribution in [3.05, 3.63) is 78.6 Å². The third kappa shape index (κ3) is 3.28. The summed E-state index contributed by atoms with van der Waals surface area (Å²) in [5.74, 6) is 1.28. The molecule has 0 saturated heterocycles. The van der Waals surface area contributed by atoms with Crippen LogP contribution in [0.2, 0.25) is 0 Å². The second-order valence-corrected chi connectivity index (χ2v) is 6.86. The molecule has 148 valence electrons. The van der Waals surface area contributed by atoms with Crippen molar-refractivity contribution in [3.63, 3.8) is 0 Å². The largest absolute Gasteiger partial charge is 0.490 e. The van der Waals surface area contributed by atoms with Gasteiger partial charge in [-0.25, -0.2) is 4.98 Å². The standard InChI is InChI=1S/C24H19N3O3/c1-2-29-20-12-6-7-15-14-21(30-22(15)20)24(28)25-17-9-5-8-16(13-17)23-26-18-10-3-4-11-19(18)27-23/h3-14H,2H2,1H3,(H,25,28)(H,26,27). The van der Waals surface area contributed by atoms with Crippen molar-refractivity contribution in [2.45, 2.75) is 6.92 Å². The number of fused-ring (bicyclic) bond motifs is 2. The number of H-pyrrole nitrogens is 1. The summed E-state index contributed by atoms with van der Waals surface area (Å²) in [7, 11) is 0. The van der Waals surface area contributed by atoms with Gasteiger partial charge in [0.2, 0.25) is 0 Å². The molecule has 2 aromatic heterocycles. The lowest BCUT2D eigenvalue weighted by Gasteiger charge is -2.05. The minimum Gasteiger partial charge on any atom is -0.490 e. The fourth-order valence-corrected chi connectivity index (χ4v) is 3.44. The highest BCUT2D eigenvalue weighted by atomic mass is 16.5. The van der Waals surface area contributed by atoms with Crippen molar-refractivity contribution >= 4 is 33.6 Å². The van der Waals surface area contributed by atoms with Crippen molar-refractivity contribution in [2.24, 2.45) is 0 Å². The van der Waals surface area contributed by atoms with Gasteiger partial charge in [0.05, 0.1) is 17.6 Å². The molecule has 0 bridgehead atoms. The Bertz CT molecular complexity index is 1330. The Hall–Kier alpha value is -4.06. The predicted octanol–water partition coefficient (Wildman–Crippen LogP) is 5.63. The topological polar surface area (TPSA) is 80.1 Å². The molecule has 2 N–H and O–H groups in total. The number of benzene rings is 3. The average Bonchev–Trinajstić information content (AvgIpc) is 3.39. The number of carbonyl (C=O) groups is 1. The van der Waals surface area contributed by atoms with E-state index in [0.717, 1.165) is 27.8 Å². The van der Waals surface area contributed by atoms with Crippen molar-refractivity contribution in [1.29, 1.82) is 0 Å². The first kappa shape index (κ1) is 18.0. The average molecular weight is 397 g/mol. The zero-order chi connectivity index (χ0) is 20.5. The number of carbonyl (C=O) groups excluding carboxylic acids is 1. The number of nitrogens with zero attached hydrogens (tertiary/aromatic N) is 1. The van der Waals surface area contributed by atoms with E-state index in [1.165, 1.54) is 0 Å². The Balaban J connectivity index is 1.42. The second kappa shape index (κ2) is 7.40. The monoisotopic (exact) mass is 397 g/mol. The molecule has 0 spiro atoms. The SMILES string of the molecule is CCOc1cccc2cc(C(=O)Nc3cccc(-c4nc5ccccc5[nH]4)c3)oc12. The summed E-state index contributed by atoms with van der Waals surface area (Å²) in [5, 5.41) is 3.72. The van der Waals surface area contributed by atoms with Crippen LogP contribution in [0.4, 0.5) is 5.69 Å². The lowest BCUT2D eigenvalue weighted by Crippen LogP contribution is -2.10. The number of aromatic nitrogens is 2. The van der Waals surface area contributed by atoms with Gasteiger partial charge in [0, 0.05) is 16.6 Å². The quantitative estimate of drug-likeness (QED) is 0.403. The number of furan rings is 1. The lowest BCUT2D eigenvalue weighted by atomic mass is 10.2. The number of aromatic amines is 1. The molecule has 6 heteroatoms. The predicted molar refractivity (Wildman–Crippen MR) is 117 cm³/mol. The van der Waals surface area contributed by atoms with Crippen LogP contribution in [0.25, 0.3) is 33.4 Å². The van der Waals surface area contributed by atoms with E-state index in [4.69, 9.17) is 9.15 Å². The molecule has 30 heavy (non-hydrogen) atoms. The summed E-state index contributed by atoms with van der Waals surface area (Å²) < 4.78 is 11.4. The van der Waals surface area contributed by atoms with Crippen LogP contribution >= 0.6 is 0 Å². The van der Waals surface area contributed by atoms with E-state index >= 15 is 0 Å². The van der Waals surface area contributed by atoms with Gasteiger partial charge in [-0.2, -0.15) is 0 Å². The molecule has 6 nitrogen and oxygen atoms in total. The van der Waals surface area contributed by atoms with E-state index in [1.54, 1.807) is 6.07 Å². The zero-order valence-electron chi connectivity index (χ0n) is 16.3. The first-order valence-corrected chi connectivity index (χ1v) is 9.73. The Morgan fingerprint density at radius 1 is 1.07 bits per heavy atom. The molecule has 0 radical (unpaired) electrons. The van der Waals surface area contributed by atoms with Gasteiger partial charge in [-0.1, -0.05) is 36.4 Å². The maximum absolute atomic E-state index is 12.8. The summed E-state index contributed by atoms with van der Waals surface area (Å²) in [6.07, 6.45) is 0. The fraction of sp³-hybridized carbons (Fsp3) is 0.0833. The van der Waals surface area contributed by atoms with E-state index in [1.807, 2.05) is 73.7 Å². The van der Waals surface area contributed by atoms with Crippen LogP contribution in [-0.4, -0.2) is 22.5 Å². The van der Waals surface area contributed by atoms with E-state index in [-0.39, 0.29) is 11.7 Å². The molecular formula is C24H19N3O3. The highest BCUT2D eigenvalue weighted by molar-refractivity contribution is 6.05. The van der Waals surface area contributed by atoms with Crippen molar-refractivity contribution in [3.8, 4) is 17.1 Å². The van der Waals surface area contributed by atoms with Gasteiger partial charge in [-0.15, -0.1) is 0 Å². The number of nitrogens with one attached hydrogen (secondary N) is 2. The maximum Gasteiger partial charge on any atom is 0.291 e. The summed E-state index contributed by atoms with van der Waals surface area (Å²) in [6, 6.07) is 22.7. The van der Waals surface area contributed by atoms with Crippen molar-refractivity contribution in [1.82, 2.24) is 9.97 Å². The minimum absolute atomic E-state index is 0.228. The second-order valence-electron chi connectivity index (χ2n) is 6.86. The van der Waals surface area contributed by atoms with Crippen LogP contribution in [-0.2, 0) is 0 Å². The molecule has 1 amide bonds. The Morgan fingerprint density at radius 2 is 1.93 bits per heavy atom. The third-order valence-electron chi connectivity index (χ3n) is 4.81. The van der Waals surface area contributed by atoms with E-state index in [0.29, 0.717) is 23.6 Å². The van der Waals surface area contributed by atoms with Gasteiger partial charge in [0.1, 0.15) is 5.82 Å². The van der Waals surface area contributed by atoms with E-state index in [9.17, 15) is 4.79 Å². The lowest BCUT2D eigenvalue weighted by molar-refractivity contribution is 0.0998. The highest BCUT2D eigenvalue weighted by Crippen LogP contribution is 2.29. The molecule has 0 aliphatic heterocycles. The molecule has 3 aromatic carbocycles. The van der Waals surface area contributed by atoms with Gasteiger partial charge in [0.25, 0.3) is 5.91 Å². The van der Waals surface area contributed by atoms with Gasteiger partial charge < -0.3 is 19.5 Å². The Morgan fingerprint density at radius 3 is 2.80 bits per heavy atom. The molecular weight excluding hydrogens is 378 g/mol. The highest BCUT2D eigenvalue weighted by Gasteiger charge is 2.16. The molecule has 0 aliphatic carbocycles. The molecule has 0 saturated carbocycles. The summed E-state index contributed by atoms with van der Waals surface area (Å²) >= 11 is 0. The molecule has 0 atom stereocenters. The Kier molecular flexibility index (Phi) is 4.44. The van der Waals surface area contributed by atoms with Gasteiger partial charge in [-0.05, 0) is 43.3 Å². The molecule has 0 fully saturated rings. The summed E-state index contributed by atoms with van der Waals surface area (Å²) in [5.41, 5.74) is 3.97. The van der Waals surface area contributed by atoms with Gasteiger partial charge in [-0.3, -0.25) is 4.79 Å². The smallest absolute Gasteiger partial charge is 0.291 e. The van der Waals surface area contributed by atoms with Crippen LogP contribution < -0.4 is 10.1 Å². The van der Waals surface area contributed by atoms with Crippen LogP contribution in [0.5, 0.6) is 5.75 Å². The number of rotatable bonds is 5. The van der Waals surface area contributed by atoms with Gasteiger partial charge in [0.15, 0.2) is 17.1 Å². The van der Waals surface area contributed by atoms with Gasteiger partial charge >= 0.3 is 0 Å². The van der Waals surface area contributed by atoms with Crippen LogP contribution in [0, 0.1) is 0 Å². The fourth-order valence-electron chi connectivity index (χ4n) is 3.44. The summed E-state index contributed by atoms with van der Waals surface area (Å²) in [4.78, 5) is 20.7. The number of hydrogen-bond acceptors (Lipinski definition) is 4. The van der Waals surface area contributed by atoms with E-state index in [2.05, 4.69) is 15.3 Å². The van der Waals surface area contributed by atoms with Crippen molar-refractivity contribution in [2.75, 3.05) is 11.9 Å². The third-order valence-corrected chi connectivity index (χ3v) is 4.81. The molecule has 0 unspecified atom stereocenters. The van der Waals surface area contributed by atoms with Crippen LogP contribution in [0.15, 0.2) is 77.2 Å². The number of ether oxygens (including phenoxy) is 1. The number of para-hydroxylation sites is 3. The number of imidazole rings is 1. The first-order valence-electron chi connectivity index (χ1n) is 9.73.